The van der Waals surface area contributed by atoms with Gasteiger partial charge in [-0.2, -0.15) is 13.5 Å². The summed E-state index contributed by atoms with van der Waals surface area (Å²) >= 11 is 0. The Morgan fingerprint density at radius 1 is 1.30 bits per heavy atom. The molecule has 162 valence electrons. The van der Waals surface area contributed by atoms with Gasteiger partial charge in [-0.3, -0.25) is 4.79 Å². The fraction of sp³-hybridized carbons (Fsp3) is 0.500. The summed E-state index contributed by atoms with van der Waals surface area (Å²) < 4.78 is 13.3. The fourth-order valence-electron chi connectivity index (χ4n) is 3.82. The van der Waals surface area contributed by atoms with E-state index < -0.39 is 11.4 Å². The van der Waals surface area contributed by atoms with Gasteiger partial charge in [0.2, 0.25) is 0 Å². The van der Waals surface area contributed by atoms with E-state index in [4.69, 9.17) is 9.47 Å². The van der Waals surface area contributed by atoms with Gasteiger partial charge >= 0.3 is 5.97 Å². The number of nitrogens with zero attached hydrogens (tertiary/aromatic N) is 2. The largest absolute Gasteiger partial charge is 0.488 e. The Morgan fingerprint density at radius 3 is 2.57 bits per heavy atom. The number of pyridine rings is 2. The van der Waals surface area contributed by atoms with E-state index in [1.54, 1.807) is 7.11 Å². The number of methoxy groups -OCH3 is 1. The summed E-state index contributed by atoms with van der Waals surface area (Å²) in [5, 5.41) is 9.41. The lowest BCUT2D eigenvalue weighted by molar-refractivity contribution is 0.0693. The number of carboxylic acid groups (broad SMARTS) is 1. The Hall–Kier alpha value is -2.48. The van der Waals surface area contributed by atoms with E-state index in [9.17, 15) is 14.7 Å². The standard InChI is InChI=1S/C22H26N2O5.H2S/c1-22(2,3)18-8-13-7-17(29-11-12-5-6-12)20(28-4)23-19(13)15-9-16(25)14(21(26)27)10-24(15)18;/h7,9-10,12,18H,5-6,8,11H2,1-4H3,(H,26,27);1H2/t18-;/m0./s1. The highest BCUT2D eigenvalue weighted by atomic mass is 32.1. The highest BCUT2D eigenvalue weighted by molar-refractivity contribution is 7.59. The van der Waals surface area contributed by atoms with Gasteiger partial charge in [0.25, 0.3) is 5.88 Å². The normalized spacial score (nSPS) is 17.4. The number of fused-ring (bicyclic) bond motifs is 3. The molecule has 0 aromatic carbocycles. The molecule has 1 aliphatic heterocycles. The molecule has 0 bridgehead atoms. The molecule has 4 rings (SSSR count). The highest BCUT2D eigenvalue weighted by Gasteiger charge is 2.35. The smallest absolute Gasteiger partial charge is 0.341 e. The lowest BCUT2D eigenvalue weighted by Crippen LogP contribution is -2.33. The number of ether oxygens (including phenoxy) is 2. The van der Waals surface area contributed by atoms with E-state index in [0.717, 1.165) is 5.56 Å². The molecule has 1 fully saturated rings. The molecular formula is C22H28N2O5S. The van der Waals surface area contributed by atoms with Crippen molar-refractivity contribution in [2.75, 3.05) is 13.7 Å². The summed E-state index contributed by atoms with van der Waals surface area (Å²) in [5.41, 5.74) is 1.29. The Labute approximate surface area is 182 Å². The van der Waals surface area contributed by atoms with Crippen LogP contribution in [0.3, 0.4) is 0 Å². The van der Waals surface area contributed by atoms with E-state index >= 15 is 0 Å². The van der Waals surface area contributed by atoms with Crippen LogP contribution < -0.4 is 14.9 Å². The first kappa shape index (κ1) is 22.2. The Morgan fingerprint density at radius 2 is 2.00 bits per heavy atom. The highest BCUT2D eigenvalue weighted by Crippen LogP contribution is 2.44. The van der Waals surface area contributed by atoms with Gasteiger partial charge in [0.15, 0.2) is 11.2 Å². The summed E-state index contributed by atoms with van der Waals surface area (Å²) in [4.78, 5) is 28.6. The quantitative estimate of drug-likeness (QED) is 0.775. The van der Waals surface area contributed by atoms with Crippen molar-refractivity contribution in [1.29, 1.82) is 0 Å². The number of hydrogen-bond donors (Lipinski definition) is 1. The van der Waals surface area contributed by atoms with E-state index in [1.807, 2.05) is 10.6 Å². The third-order valence-electron chi connectivity index (χ3n) is 5.70. The molecule has 0 unspecified atom stereocenters. The SMILES string of the molecule is COc1nc2c(cc1OCC1CC1)C[C@@H](C(C)(C)C)n1cc(C(=O)O)c(=O)cc1-2.S. The summed E-state index contributed by atoms with van der Waals surface area (Å²) in [6.45, 7) is 6.96. The predicted octanol–water partition coefficient (Wildman–Crippen LogP) is 3.66. The van der Waals surface area contributed by atoms with E-state index in [0.29, 0.717) is 42.0 Å². The van der Waals surface area contributed by atoms with Gasteiger partial charge in [-0.25, -0.2) is 9.78 Å². The number of carboxylic acids is 1. The maximum Gasteiger partial charge on any atom is 0.341 e. The first-order chi connectivity index (χ1) is 13.7. The minimum atomic E-state index is -1.22. The van der Waals surface area contributed by atoms with Crippen LogP contribution in [0.1, 0.15) is 55.6 Å². The lowest BCUT2D eigenvalue weighted by Gasteiger charge is -2.38. The lowest BCUT2D eigenvalue weighted by atomic mass is 9.80. The van der Waals surface area contributed by atoms with Crippen LogP contribution in [-0.2, 0) is 6.42 Å². The molecule has 1 saturated carbocycles. The first-order valence-corrected chi connectivity index (χ1v) is 9.89. The second kappa shape index (κ2) is 7.98. The summed E-state index contributed by atoms with van der Waals surface area (Å²) in [5.74, 6) is 0.369. The topological polar surface area (TPSA) is 90.7 Å². The zero-order valence-corrected chi connectivity index (χ0v) is 18.7. The molecule has 1 aliphatic carbocycles. The summed E-state index contributed by atoms with van der Waals surface area (Å²) in [7, 11) is 1.54. The van der Waals surface area contributed by atoms with Crippen molar-refractivity contribution in [2.24, 2.45) is 11.3 Å². The van der Waals surface area contributed by atoms with Crippen LogP contribution in [0.2, 0.25) is 0 Å². The zero-order chi connectivity index (χ0) is 20.9. The maximum atomic E-state index is 12.4. The third-order valence-corrected chi connectivity index (χ3v) is 5.70. The van der Waals surface area contributed by atoms with Gasteiger partial charge < -0.3 is 19.1 Å². The second-order valence-electron chi connectivity index (χ2n) is 8.99. The van der Waals surface area contributed by atoms with Crippen LogP contribution in [-0.4, -0.2) is 34.3 Å². The second-order valence-corrected chi connectivity index (χ2v) is 8.99. The fourth-order valence-corrected chi connectivity index (χ4v) is 3.82. The summed E-state index contributed by atoms with van der Waals surface area (Å²) in [6.07, 6.45) is 4.49. The van der Waals surface area contributed by atoms with Crippen molar-refractivity contribution >= 4 is 19.5 Å². The number of hydrogen-bond acceptors (Lipinski definition) is 5. The molecule has 1 N–H and O–H groups in total. The number of aromatic nitrogens is 2. The first-order valence-electron chi connectivity index (χ1n) is 9.89. The van der Waals surface area contributed by atoms with Crippen molar-refractivity contribution in [3.63, 3.8) is 0 Å². The Balaban J connectivity index is 0.00000256. The van der Waals surface area contributed by atoms with Gasteiger partial charge in [0.1, 0.15) is 5.56 Å². The predicted molar refractivity (Wildman–Crippen MR) is 118 cm³/mol. The Bertz CT molecular complexity index is 1040. The number of carbonyl (C=O) groups is 1. The molecule has 2 aromatic rings. The van der Waals surface area contributed by atoms with Crippen molar-refractivity contribution < 1.29 is 19.4 Å². The minimum Gasteiger partial charge on any atom is -0.488 e. The van der Waals surface area contributed by atoms with Gasteiger partial charge in [-0.05, 0) is 42.2 Å². The molecule has 2 aromatic heterocycles. The molecule has 0 amide bonds. The van der Waals surface area contributed by atoms with E-state index in [1.165, 1.54) is 25.1 Å². The van der Waals surface area contributed by atoms with E-state index in [-0.39, 0.29) is 30.5 Å². The van der Waals surface area contributed by atoms with Crippen LogP contribution in [0.5, 0.6) is 11.6 Å². The molecule has 0 saturated heterocycles. The van der Waals surface area contributed by atoms with Crippen molar-refractivity contribution in [1.82, 2.24) is 9.55 Å². The third kappa shape index (κ3) is 4.05. The van der Waals surface area contributed by atoms with Gasteiger partial charge in [0, 0.05) is 18.3 Å². The molecule has 0 spiro atoms. The Kier molecular flexibility index (Phi) is 5.91. The summed E-state index contributed by atoms with van der Waals surface area (Å²) in [6, 6.07) is 3.30. The van der Waals surface area contributed by atoms with E-state index in [2.05, 4.69) is 25.8 Å². The maximum absolute atomic E-state index is 12.4. The van der Waals surface area contributed by atoms with Gasteiger partial charge in [0.05, 0.1) is 25.1 Å². The molecule has 30 heavy (non-hydrogen) atoms. The molecule has 0 radical (unpaired) electrons. The van der Waals surface area contributed by atoms with Gasteiger partial charge in [-0.1, -0.05) is 20.8 Å². The molecule has 1 atom stereocenters. The van der Waals surface area contributed by atoms with Crippen LogP contribution >= 0.6 is 13.5 Å². The van der Waals surface area contributed by atoms with Crippen molar-refractivity contribution in [3.05, 3.63) is 39.7 Å². The van der Waals surface area contributed by atoms with Crippen molar-refractivity contribution in [3.8, 4) is 23.0 Å². The van der Waals surface area contributed by atoms with Gasteiger partial charge in [-0.15, -0.1) is 0 Å². The molecular weight excluding hydrogens is 404 g/mol. The van der Waals surface area contributed by atoms with Crippen LogP contribution in [0.4, 0.5) is 0 Å². The monoisotopic (exact) mass is 432 g/mol. The van der Waals surface area contributed by atoms with Crippen LogP contribution in [0.25, 0.3) is 11.4 Å². The molecule has 2 aliphatic rings. The van der Waals surface area contributed by atoms with Crippen LogP contribution in [0.15, 0.2) is 23.1 Å². The molecule has 3 heterocycles. The number of rotatable bonds is 5. The number of aromatic carboxylic acids is 1. The average Bonchev–Trinajstić information content (AvgIpc) is 3.47. The van der Waals surface area contributed by atoms with Crippen molar-refractivity contribution in [2.45, 2.75) is 46.1 Å². The van der Waals surface area contributed by atoms with Crippen LogP contribution in [0, 0.1) is 11.3 Å². The average molecular weight is 433 g/mol. The zero-order valence-electron chi connectivity index (χ0n) is 17.7. The molecule has 8 heteroatoms. The minimum absolute atomic E-state index is 0. The molecule has 7 nitrogen and oxygen atoms in total.